The van der Waals surface area contributed by atoms with Crippen LogP contribution in [0.3, 0.4) is 0 Å². The van der Waals surface area contributed by atoms with Crippen LogP contribution in [0.5, 0.6) is 0 Å². The number of halogens is 3. The number of ether oxygens (including phenoxy) is 1. The number of methoxy groups -OCH3 is 1. The van der Waals surface area contributed by atoms with Crippen LogP contribution in [0.25, 0.3) is 5.82 Å². The molecule has 1 N–H and O–H groups in total. The van der Waals surface area contributed by atoms with Crippen molar-refractivity contribution in [3.63, 3.8) is 0 Å². The van der Waals surface area contributed by atoms with Crippen molar-refractivity contribution >= 4 is 12.2 Å². The maximum absolute atomic E-state index is 12.4. The van der Waals surface area contributed by atoms with Gasteiger partial charge in [0, 0.05) is 13.3 Å². The van der Waals surface area contributed by atoms with E-state index in [1.165, 1.54) is 17.9 Å². The molecule has 0 amide bonds. The van der Waals surface area contributed by atoms with Crippen LogP contribution in [-0.2, 0) is 17.5 Å². The minimum absolute atomic E-state index is 0.292. The van der Waals surface area contributed by atoms with Crippen molar-refractivity contribution in [3.8, 4) is 5.82 Å². The molecule has 0 atom stereocenters. The van der Waals surface area contributed by atoms with Crippen molar-refractivity contribution in [2.24, 2.45) is 0 Å². The van der Waals surface area contributed by atoms with E-state index in [1.54, 1.807) is 6.07 Å². The van der Waals surface area contributed by atoms with Crippen LogP contribution in [-0.4, -0.2) is 21.9 Å². The minimum Gasteiger partial charge on any atom is -0.378 e. The molecule has 0 aliphatic heterocycles. The molecule has 4 nitrogen and oxygen atoms in total. The predicted molar refractivity (Wildman–Crippen MR) is 64.5 cm³/mol. The van der Waals surface area contributed by atoms with E-state index in [-0.39, 0.29) is 0 Å². The summed E-state index contributed by atoms with van der Waals surface area (Å²) in [6.07, 6.45) is -3.63. The van der Waals surface area contributed by atoms with E-state index < -0.39 is 11.7 Å². The number of nitrogens with zero attached hydrogens (tertiary/aromatic N) is 2. The molecule has 0 bridgehead atoms. The summed E-state index contributed by atoms with van der Waals surface area (Å²) >= 11 is 5.09. The summed E-state index contributed by atoms with van der Waals surface area (Å²) in [6.45, 7) is 0.331. The van der Waals surface area contributed by atoms with E-state index in [9.17, 15) is 13.2 Å². The van der Waals surface area contributed by atoms with Gasteiger partial charge in [0.05, 0.1) is 17.9 Å². The summed E-state index contributed by atoms with van der Waals surface area (Å²) in [5, 5.41) is 2.90. The van der Waals surface area contributed by atoms with Crippen molar-refractivity contribution < 1.29 is 17.9 Å². The van der Waals surface area contributed by atoms with E-state index in [0.29, 0.717) is 22.8 Å². The lowest BCUT2D eigenvalue weighted by Gasteiger charge is -2.07. The zero-order valence-electron chi connectivity index (χ0n) is 9.86. The summed E-state index contributed by atoms with van der Waals surface area (Å²) in [7, 11) is 1.53. The number of pyridine rings is 1. The van der Waals surface area contributed by atoms with Gasteiger partial charge in [-0.1, -0.05) is 12.2 Å². The third-order valence-electron chi connectivity index (χ3n) is 2.38. The van der Waals surface area contributed by atoms with Gasteiger partial charge in [0.1, 0.15) is 4.64 Å². The van der Waals surface area contributed by atoms with Gasteiger partial charge < -0.3 is 4.74 Å². The number of rotatable bonds is 3. The summed E-state index contributed by atoms with van der Waals surface area (Å²) < 4.78 is 44.0. The van der Waals surface area contributed by atoms with Gasteiger partial charge in [0.25, 0.3) is 0 Å². The van der Waals surface area contributed by atoms with Gasteiger partial charge in [0.15, 0.2) is 5.82 Å². The number of hydrogen-bond acceptors (Lipinski definition) is 3. The number of nitrogens with one attached hydrogen (secondary N) is 1. The molecule has 19 heavy (non-hydrogen) atoms. The molecule has 0 saturated heterocycles. The largest absolute Gasteiger partial charge is 0.417 e. The Hall–Kier alpha value is -1.67. The number of aromatic amines is 1. The topological polar surface area (TPSA) is 42.8 Å². The third kappa shape index (κ3) is 3.02. The highest BCUT2D eigenvalue weighted by atomic mass is 32.1. The second kappa shape index (κ2) is 5.14. The fraction of sp³-hybridized carbons (Fsp3) is 0.273. The SMILES string of the molecule is COCc1cc(=S)n(-c2ccc(C(F)(F)F)cn2)[nH]1. The van der Waals surface area contributed by atoms with Gasteiger partial charge in [0.2, 0.25) is 0 Å². The molecule has 8 heteroatoms. The molecule has 2 aromatic rings. The second-order valence-electron chi connectivity index (χ2n) is 3.79. The maximum atomic E-state index is 12.4. The number of hydrogen-bond donors (Lipinski definition) is 1. The molecule has 2 aromatic heterocycles. The average Bonchev–Trinajstić information content (AvgIpc) is 2.70. The Bertz CT molecular complexity index is 615. The zero-order valence-corrected chi connectivity index (χ0v) is 10.7. The highest BCUT2D eigenvalue weighted by Crippen LogP contribution is 2.28. The lowest BCUT2D eigenvalue weighted by molar-refractivity contribution is -0.137. The fourth-order valence-corrected chi connectivity index (χ4v) is 1.81. The number of H-pyrrole nitrogens is 1. The fourth-order valence-electron chi connectivity index (χ4n) is 1.53. The van der Waals surface area contributed by atoms with Crippen LogP contribution in [0.2, 0.25) is 0 Å². The molecule has 0 aliphatic carbocycles. The van der Waals surface area contributed by atoms with Crippen LogP contribution in [0.1, 0.15) is 11.3 Å². The number of aromatic nitrogens is 3. The van der Waals surface area contributed by atoms with Crippen molar-refractivity contribution in [1.29, 1.82) is 0 Å². The first-order valence-electron chi connectivity index (χ1n) is 5.25. The van der Waals surface area contributed by atoms with Crippen molar-refractivity contribution in [2.45, 2.75) is 12.8 Å². The smallest absolute Gasteiger partial charge is 0.378 e. The molecule has 102 valence electrons. The third-order valence-corrected chi connectivity index (χ3v) is 2.68. The lowest BCUT2D eigenvalue weighted by Crippen LogP contribution is -2.07. The molecular weight excluding hydrogens is 279 g/mol. The Morgan fingerprint density at radius 2 is 2.16 bits per heavy atom. The second-order valence-corrected chi connectivity index (χ2v) is 4.21. The normalized spacial score (nSPS) is 11.8. The van der Waals surface area contributed by atoms with Gasteiger partial charge in [-0.3, -0.25) is 5.10 Å². The van der Waals surface area contributed by atoms with E-state index in [2.05, 4.69) is 10.1 Å². The molecule has 0 aromatic carbocycles. The lowest BCUT2D eigenvalue weighted by atomic mass is 10.3. The average molecular weight is 289 g/mol. The standard InChI is InChI=1S/C11H10F3N3OS/c1-18-6-8-4-10(19)17(16-8)9-3-2-7(5-15-9)11(12,13)14/h2-5,16H,6H2,1H3. The first-order valence-corrected chi connectivity index (χ1v) is 5.66. The molecule has 0 aliphatic rings. The molecule has 0 spiro atoms. The van der Waals surface area contributed by atoms with E-state index in [0.717, 1.165) is 12.3 Å². The van der Waals surface area contributed by atoms with Crippen LogP contribution in [0, 0.1) is 4.64 Å². The van der Waals surface area contributed by atoms with Crippen LogP contribution in [0.4, 0.5) is 13.2 Å². The molecule has 0 unspecified atom stereocenters. The van der Waals surface area contributed by atoms with E-state index >= 15 is 0 Å². The summed E-state index contributed by atoms with van der Waals surface area (Å²) in [4.78, 5) is 3.75. The Labute approximate surface area is 111 Å². The Morgan fingerprint density at radius 1 is 1.42 bits per heavy atom. The molecule has 0 saturated carbocycles. The summed E-state index contributed by atoms with van der Waals surface area (Å²) in [5.41, 5.74) is -0.0827. The van der Waals surface area contributed by atoms with Gasteiger partial charge in [-0.2, -0.15) is 13.2 Å². The Kier molecular flexibility index (Phi) is 3.72. The molecule has 2 heterocycles. The molecule has 2 rings (SSSR count). The monoisotopic (exact) mass is 289 g/mol. The minimum atomic E-state index is -4.40. The quantitative estimate of drug-likeness (QED) is 0.883. The van der Waals surface area contributed by atoms with Crippen molar-refractivity contribution in [1.82, 2.24) is 14.8 Å². The van der Waals surface area contributed by atoms with Crippen LogP contribution >= 0.6 is 12.2 Å². The summed E-state index contributed by atoms with van der Waals surface area (Å²) in [6, 6.07) is 3.88. The number of alkyl halides is 3. The van der Waals surface area contributed by atoms with E-state index in [4.69, 9.17) is 17.0 Å². The first kappa shape index (κ1) is 13.8. The van der Waals surface area contributed by atoms with Crippen LogP contribution < -0.4 is 0 Å². The predicted octanol–water partition coefficient (Wildman–Crippen LogP) is 3.10. The van der Waals surface area contributed by atoms with Gasteiger partial charge >= 0.3 is 6.18 Å². The molecule has 0 radical (unpaired) electrons. The van der Waals surface area contributed by atoms with E-state index in [1.807, 2.05) is 0 Å². The Morgan fingerprint density at radius 3 is 2.68 bits per heavy atom. The first-order chi connectivity index (χ1) is 8.91. The zero-order chi connectivity index (χ0) is 14.0. The molecular formula is C11H10F3N3OS. The van der Waals surface area contributed by atoms with Gasteiger partial charge in [-0.15, -0.1) is 0 Å². The summed E-state index contributed by atoms with van der Waals surface area (Å²) in [5.74, 6) is 0.292. The highest BCUT2D eigenvalue weighted by Gasteiger charge is 2.30. The highest BCUT2D eigenvalue weighted by molar-refractivity contribution is 7.71. The maximum Gasteiger partial charge on any atom is 0.417 e. The Balaban J connectivity index is 2.35. The van der Waals surface area contributed by atoms with Gasteiger partial charge in [-0.25, -0.2) is 9.67 Å². The van der Waals surface area contributed by atoms with Gasteiger partial charge in [-0.05, 0) is 18.2 Å². The van der Waals surface area contributed by atoms with Crippen molar-refractivity contribution in [3.05, 3.63) is 40.3 Å². The van der Waals surface area contributed by atoms with Crippen molar-refractivity contribution in [2.75, 3.05) is 7.11 Å². The molecule has 0 fully saturated rings. The van der Waals surface area contributed by atoms with Crippen LogP contribution in [0.15, 0.2) is 24.4 Å².